The molecule has 3 nitrogen and oxygen atoms in total. The molecule has 2 aromatic rings. The lowest BCUT2D eigenvalue weighted by Crippen LogP contribution is -2.45. The van der Waals surface area contributed by atoms with Crippen molar-refractivity contribution in [2.45, 2.75) is 19.3 Å². The molecule has 1 unspecified atom stereocenters. The zero-order valence-electron chi connectivity index (χ0n) is 11.9. The molecule has 0 heterocycles. The van der Waals surface area contributed by atoms with E-state index >= 15 is 0 Å². The Balaban J connectivity index is 1.87. The first-order chi connectivity index (χ1) is 9.79. The standard InChI is InChI=1S/C17H22N2O/c1-19(13-16-10-6-3-7-11-16)17(14-20)18-12-15-8-4-2-5-9-15/h2-11,17-18,20H,12-14H2,1H3. The number of hydrogen-bond donors (Lipinski definition) is 2. The second kappa shape index (κ2) is 7.80. The molecule has 1 atom stereocenters. The Hall–Kier alpha value is -1.68. The highest BCUT2D eigenvalue weighted by Gasteiger charge is 2.13. The van der Waals surface area contributed by atoms with Gasteiger partial charge >= 0.3 is 0 Å². The van der Waals surface area contributed by atoms with Gasteiger partial charge < -0.3 is 5.11 Å². The van der Waals surface area contributed by atoms with Crippen LogP contribution in [0.4, 0.5) is 0 Å². The lowest BCUT2D eigenvalue weighted by molar-refractivity contribution is 0.114. The summed E-state index contributed by atoms with van der Waals surface area (Å²) in [6, 6.07) is 20.5. The summed E-state index contributed by atoms with van der Waals surface area (Å²) in [7, 11) is 2.02. The van der Waals surface area contributed by atoms with E-state index in [2.05, 4.69) is 34.5 Å². The molecule has 20 heavy (non-hydrogen) atoms. The first-order valence-electron chi connectivity index (χ1n) is 6.92. The quantitative estimate of drug-likeness (QED) is 0.757. The Labute approximate surface area is 120 Å². The molecule has 0 aliphatic heterocycles. The molecule has 3 heteroatoms. The molecule has 0 aliphatic carbocycles. The van der Waals surface area contributed by atoms with Crippen molar-refractivity contribution in [2.75, 3.05) is 13.7 Å². The van der Waals surface area contributed by atoms with Crippen molar-refractivity contribution in [3.63, 3.8) is 0 Å². The lowest BCUT2D eigenvalue weighted by Gasteiger charge is -2.27. The van der Waals surface area contributed by atoms with E-state index in [4.69, 9.17) is 0 Å². The summed E-state index contributed by atoms with van der Waals surface area (Å²) in [6.45, 7) is 1.66. The molecule has 0 bridgehead atoms. The number of nitrogens with zero attached hydrogens (tertiary/aromatic N) is 1. The summed E-state index contributed by atoms with van der Waals surface area (Å²) in [5.74, 6) is 0. The van der Waals surface area contributed by atoms with Gasteiger partial charge in [-0.05, 0) is 18.2 Å². The first kappa shape index (κ1) is 14.7. The van der Waals surface area contributed by atoms with E-state index in [0.29, 0.717) is 0 Å². The fourth-order valence-electron chi connectivity index (χ4n) is 2.17. The number of rotatable bonds is 7. The Bertz CT molecular complexity index is 487. The Morgan fingerprint density at radius 2 is 1.50 bits per heavy atom. The van der Waals surface area contributed by atoms with Crippen LogP contribution in [-0.2, 0) is 13.1 Å². The molecule has 0 aliphatic rings. The van der Waals surface area contributed by atoms with Crippen LogP contribution in [0.3, 0.4) is 0 Å². The molecule has 0 saturated heterocycles. The number of nitrogens with one attached hydrogen (secondary N) is 1. The minimum atomic E-state index is -0.0459. The van der Waals surface area contributed by atoms with Crippen molar-refractivity contribution in [1.82, 2.24) is 10.2 Å². The SMILES string of the molecule is CN(Cc1ccccc1)C(CO)NCc1ccccc1. The summed E-state index contributed by atoms with van der Waals surface area (Å²) in [4.78, 5) is 2.12. The molecule has 0 fully saturated rings. The van der Waals surface area contributed by atoms with E-state index in [1.165, 1.54) is 11.1 Å². The van der Waals surface area contributed by atoms with Crippen LogP contribution in [0.2, 0.25) is 0 Å². The van der Waals surface area contributed by atoms with Crippen LogP contribution in [0.1, 0.15) is 11.1 Å². The molecular formula is C17H22N2O. The van der Waals surface area contributed by atoms with Crippen LogP contribution >= 0.6 is 0 Å². The largest absolute Gasteiger partial charge is 0.393 e. The topological polar surface area (TPSA) is 35.5 Å². The predicted molar refractivity (Wildman–Crippen MR) is 82.1 cm³/mol. The predicted octanol–water partition coefficient (Wildman–Crippen LogP) is 2.23. The highest BCUT2D eigenvalue weighted by molar-refractivity contribution is 5.15. The fraction of sp³-hybridized carbons (Fsp3) is 0.294. The normalized spacial score (nSPS) is 12.6. The van der Waals surface area contributed by atoms with Gasteiger partial charge in [0.15, 0.2) is 0 Å². The molecule has 0 spiro atoms. The molecule has 0 aromatic heterocycles. The summed E-state index contributed by atoms with van der Waals surface area (Å²) in [5, 5.41) is 12.9. The fourth-order valence-corrected chi connectivity index (χ4v) is 2.17. The van der Waals surface area contributed by atoms with E-state index < -0.39 is 0 Å². The van der Waals surface area contributed by atoms with Gasteiger partial charge in [-0.15, -0.1) is 0 Å². The lowest BCUT2D eigenvalue weighted by atomic mass is 10.2. The third-order valence-electron chi connectivity index (χ3n) is 3.36. The van der Waals surface area contributed by atoms with Gasteiger partial charge in [0.1, 0.15) is 0 Å². The van der Waals surface area contributed by atoms with E-state index in [9.17, 15) is 5.11 Å². The van der Waals surface area contributed by atoms with Gasteiger partial charge in [0, 0.05) is 13.1 Å². The van der Waals surface area contributed by atoms with E-state index in [1.807, 2.05) is 43.4 Å². The first-order valence-corrected chi connectivity index (χ1v) is 6.92. The zero-order valence-corrected chi connectivity index (χ0v) is 11.9. The van der Waals surface area contributed by atoms with Gasteiger partial charge in [0.25, 0.3) is 0 Å². The number of hydrogen-bond acceptors (Lipinski definition) is 3. The number of aliphatic hydroxyl groups excluding tert-OH is 1. The number of benzene rings is 2. The van der Waals surface area contributed by atoms with Crippen LogP contribution < -0.4 is 5.32 Å². The minimum Gasteiger partial charge on any atom is -0.393 e. The average Bonchev–Trinajstić information content (AvgIpc) is 2.50. The third kappa shape index (κ3) is 4.46. The highest BCUT2D eigenvalue weighted by atomic mass is 16.3. The Morgan fingerprint density at radius 1 is 0.950 bits per heavy atom. The van der Waals surface area contributed by atoms with Gasteiger partial charge in [-0.2, -0.15) is 0 Å². The van der Waals surface area contributed by atoms with Crippen molar-refractivity contribution in [2.24, 2.45) is 0 Å². The average molecular weight is 270 g/mol. The minimum absolute atomic E-state index is 0.0459. The van der Waals surface area contributed by atoms with Crippen LogP contribution in [0.15, 0.2) is 60.7 Å². The van der Waals surface area contributed by atoms with Gasteiger partial charge in [-0.1, -0.05) is 60.7 Å². The van der Waals surface area contributed by atoms with Gasteiger partial charge in [-0.25, -0.2) is 0 Å². The van der Waals surface area contributed by atoms with Crippen molar-refractivity contribution in [3.05, 3.63) is 71.8 Å². The van der Waals surface area contributed by atoms with Gasteiger partial charge in [0.2, 0.25) is 0 Å². The van der Waals surface area contributed by atoms with Gasteiger partial charge in [0.05, 0.1) is 12.8 Å². The second-order valence-electron chi connectivity index (χ2n) is 4.97. The van der Waals surface area contributed by atoms with Crippen LogP contribution in [0.25, 0.3) is 0 Å². The summed E-state index contributed by atoms with van der Waals surface area (Å²) < 4.78 is 0. The molecule has 2 rings (SSSR count). The highest BCUT2D eigenvalue weighted by Crippen LogP contribution is 2.06. The maximum atomic E-state index is 9.55. The van der Waals surface area contributed by atoms with E-state index in [1.54, 1.807) is 0 Å². The molecule has 2 aromatic carbocycles. The van der Waals surface area contributed by atoms with Gasteiger partial charge in [-0.3, -0.25) is 10.2 Å². The van der Waals surface area contributed by atoms with E-state index in [0.717, 1.165) is 13.1 Å². The molecular weight excluding hydrogens is 248 g/mol. The van der Waals surface area contributed by atoms with Crippen LogP contribution in [-0.4, -0.2) is 29.8 Å². The molecule has 0 amide bonds. The Kier molecular flexibility index (Phi) is 5.74. The summed E-state index contributed by atoms with van der Waals surface area (Å²) in [6.07, 6.45) is -0.0459. The molecule has 0 radical (unpaired) electrons. The maximum Gasteiger partial charge on any atom is 0.0838 e. The summed E-state index contributed by atoms with van der Waals surface area (Å²) >= 11 is 0. The maximum absolute atomic E-state index is 9.55. The van der Waals surface area contributed by atoms with Crippen molar-refractivity contribution in [3.8, 4) is 0 Å². The van der Waals surface area contributed by atoms with Crippen LogP contribution in [0, 0.1) is 0 Å². The number of aliphatic hydroxyl groups is 1. The van der Waals surface area contributed by atoms with Crippen molar-refractivity contribution in [1.29, 1.82) is 0 Å². The summed E-state index contributed by atoms with van der Waals surface area (Å²) in [5.41, 5.74) is 2.47. The van der Waals surface area contributed by atoms with Crippen LogP contribution in [0.5, 0.6) is 0 Å². The molecule has 106 valence electrons. The monoisotopic (exact) mass is 270 g/mol. The molecule has 0 saturated carbocycles. The van der Waals surface area contributed by atoms with Crippen molar-refractivity contribution >= 4 is 0 Å². The second-order valence-corrected chi connectivity index (χ2v) is 4.97. The molecule has 2 N–H and O–H groups in total. The Morgan fingerprint density at radius 3 is 2.05 bits per heavy atom. The number of likely N-dealkylation sites (N-methyl/N-ethyl adjacent to an activating group) is 1. The smallest absolute Gasteiger partial charge is 0.0838 e. The van der Waals surface area contributed by atoms with Crippen molar-refractivity contribution < 1.29 is 5.11 Å². The third-order valence-corrected chi connectivity index (χ3v) is 3.36. The van der Waals surface area contributed by atoms with E-state index in [-0.39, 0.29) is 12.8 Å². The zero-order chi connectivity index (χ0) is 14.2.